The molecule has 0 atom stereocenters. The molecule has 2 rings (SSSR count). The Morgan fingerprint density at radius 1 is 1.31 bits per heavy atom. The SMILES string of the molecule is O=[C]Cc1c(C=O)c(Br)cc2ccccc12. The first-order chi connectivity index (χ1) is 7.77. The number of carbonyl (C=O) groups excluding carboxylic acids is 2. The molecule has 3 heteroatoms. The average molecular weight is 276 g/mol. The van der Waals surface area contributed by atoms with Crippen LogP contribution in [0.1, 0.15) is 15.9 Å². The molecule has 2 aromatic rings. The van der Waals surface area contributed by atoms with E-state index >= 15 is 0 Å². The third-order valence-electron chi connectivity index (χ3n) is 2.52. The Kier molecular flexibility index (Phi) is 3.15. The van der Waals surface area contributed by atoms with Crippen molar-refractivity contribution in [2.24, 2.45) is 0 Å². The maximum Gasteiger partial charge on any atom is 0.203 e. The van der Waals surface area contributed by atoms with Crippen molar-refractivity contribution in [3.63, 3.8) is 0 Å². The van der Waals surface area contributed by atoms with Crippen molar-refractivity contribution in [1.29, 1.82) is 0 Å². The molecule has 0 heterocycles. The summed E-state index contributed by atoms with van der Waals surface area (Å²) >= 11 is 3.34. The number of aldehydes is 1. The van der Waals surface area contributed by atoms with E-state index in [2.05, 4.69) is 15.9 Å². The van der Waals surface area contributed by atoms with Crippen molar-refractivity contribution >= 4 is 39.3 Å². The Morgan fingerprint density at radius 2 is 2.06 bits per heavy atom. The largest absolute Gasteiger partial charge is 0.298 e. The molecule has 0 N–H and O–H groups in total. The number of rotatable bonds is 3. The highest BCUT2D eigenvalue weighted by Crippen LogP contribution is 2.28. The second-order valence-corrected chi connectivity index (χ2v) is 4.27. The fourth-order valence-corrected chi connectivity index (χ4v) is 2.37. The number of halogens is 1. The third kappa shape index (κ3) is 1.78. The van der Waals surface area contributed by atoms with Gasteiger partial charge in [-0.15, -0.1) is 0 Å². The van der Waals surface area contributed by atoms with Gasteiger partial charge in [0, 0.05) is 16.5 Å². The van der Waals surface area contributed by atoms with Crippen LogP contribution in [0.5, 0.6) is 0 Å². The molecule has 2 nitrogen and oxygen atoms in total. The van der Waals surface area contributed by atoms with E-state index in [1.807, 2.05) is 36.6 Å². The van der Waals surface area contributed by atoms with E-state index in [0.717, 1.165) is 22.6 Å². The first-order valence-corrected chi connectivity index (χ1v) is 5.57. The molecule has 0 aliphatic heterocycles. The summed E-state index contributed by atoms with van der Waals surface area (Å²) in [6.07, 6.45) is 2.75. The van der Waals surface area contributed by atoms with Crippen LogP contribution in [0, 0.1) is 0 Å². The quantitative estimate of drug-likeness (QED) is 0.807. The van der Waals surface area contributed by atoms with Gasteiger partial charge < -0.3 is 0 Å². The monoisotopic (exact) mass is 275 g/mol. The Bertz CT molecular complexity index is 561. The van der Waals surface area contributed by atoms with Crippen molar-refractivity contribution < 1.29 is 9.59 Å². The lowest BCUT2D eigenvalue weighted by atomic mass is 9.98. The predicted molar refractivity (Wildman–Crippen MR) is 66.4 cm³/mol. The van der Waals surface area contributed by atoms with Crippen LogP contribution in [-0.4, -0.2) is 12.6 Å². The van der Waals surface area contributed by atoms with E-state index in [1.54, 1.807) is 0 Å². The zero-order chi connectivity index (χ0) is 11.5. The summed E-state index contributed by atoms with van der Waals surface area (Å²) in [6, 6.07) is 9.54. The summed E-state index contributed by atoms with van der Waals surface area (Å²) in [4.78, 5) is 21.5. The highest BCUT2D eigenvalue weighted by atomic mass is 79.9. The van der Waals surface area contributed by atoms with E-state index < -0.39 is 0 Å². The van der Waals surface area contributed by atoms with Crippen molar-refractivity contribution in [3.8, 4) is 0 Å². The highest BCUT2D eigenvalue weighted by molar-refractivity contribution is 9.10. The highest BCUT2D eigenvalue weighted by Gasteiger charge is 2.10. The Morgan fingerprint density at radius 3 is 2.75 bits per heavy atom. The van der Waals surface area contributed by atoms with Crippen LogP contribution in [0.2, 0.25) is 0 Å². The minimum absolute atomic E-state index is 0.133. The van der Waals surface area contributed by atoms with E-state index in [9.17, 15) is 9.59 Å². The molecule has 2 aromatic carbocycles. The Balaban J connectivity index is 2.86. The van der Waals surface area contributed by atoms with Crippen molar-refractivity contribution in [2.75, 3.05) is 0 Å². The molecule has 0 aliphatic rings. The summed E-state index contributed by atoms with van der Waals surface area (Å²) < 4.78 is 0.714. The van der Waals surface area contributed by atoms with Gasteiger partial charge in [-0.1, -0.05) is 40.2 Å². The van der Waals surface area contributed by atoms with E-state index in [-0.39, 0.29) is 6.42 Å². The zero-order valence-corrected chi connectivity index (χ0v) is 9.95. The fraction of sp³-hybridized carbons (Fsp3) is 0.0769. The second-order valence-electron chi connectivity index (χ2n) is 3.41. The van der Waals surface area contributed by atoms with Gasteiger partial charge in [0.15, 0.2) is 6.29 Å². The molecule has 0 saturated carbocycles. The van der Waals surface area contributed by atoms with Crippen LogP contribution in [0.15, 0.2) is 34.8 Å². The minimum Gasteiger partial charge on any atom is -0.298 e. The third-order valence-corrected chi connectivity index (χ3v) is 3.17. The van der Waals surface area contributed by atoms with Gasteiger partial charge in [0.05, 0.1) is 0 Å². The molecule has 0 unspecified atom stereocenters. The molecule has 0 saturated heterocycles. The molecule has 0 spiro atoms. The summed E-state index contributed by atoms with van der Waals surface area (Å²) in [7, 11) is 0. The predicted octanol–water partition coefficient (Wildman–Crippen LogP) is 3.07. The normalized spacial score (nSPS) is 10.3. The van der Waals surface area contributed by atoms with Gasteiger partial charge in [0.1, 0.15) is 0 Å². The molecule has 0 aromatic heterocycles. The number of hydrogen-bond acceptors (Lipinski definition) is 2. The molecule has 0 amide bonds. The summed E-state index contributed by atoms with van der Waals surface area (Å²) in [5, 5.41) is 1.93. The van der Waals surface area contributed by atoms with Gasteiger partial charge in [-0.2, -0.15) is 0 Å². The fourth-order valence-electron chi connectivity index (χ4n) is 1.79. The van der Waals surface area contributed by atoms with Crippen molar-refractivity contribution in [1.82, 2.24) is 0 Å². The summed E-state index contributed by atoms with van der Waals surface area (Å²) in [5.74, 6) is 0. The summed E-state index contributed by atoms with van der Waals surface area (Å²) in [5.41, 5.74) is 1.26. The van der Waals surface area contributed by atoms with Gasteiger partial charge in [-0.25, -0.2) is 0 Å². The molecule has 0 aliphatic carbocycles. The first-order valence-electron chi connectivity index (χ1n) is 4.78. The van der Waals surface area contributed by atoms with Crippen LogP contribution in [-0.2, 0) is 11.2 Å². The molecule has 79 valence electrons. The standard InChI is InChI=1S/C13H8BrO2/c14-13-7-9-3-1-2-4-10(9)11(5-6-15)12(13)8-16/h1-4,7-8H,5H2. The lowest BCUT2D eigenvalue weighted by Crippen LogP contribution is -1.97. The van der Waals surface area contributed by atoms with Crippen molar-refractivity contribution in [2.45, 2.75) is 6.42 Å². The zero-order valence-electron chi connectivity index (χ0n) is 8.37. The smallest absolute Gasteiger partial charge is 0.203 e. The maximum absolute atomic E-state index is 11.0. The van der Waals surface area contributed by atoms with E-state index in [1.165, 1.54) is 0 Å². The van der Waals surface area contributed by atoms with Gasteiger partial charge >= 0.3 is 0 Å². The van der Waals surface area contributed by atoms with Crippen molar-refractivity contribution in [3.05, 3.63) is 45.9 Å². The van der Waals surface area contributed by atoms with E-state index in [0.29, 0.717) is 10.0 Å². The lowest BCUT2D eigenvalue weighted by Gasteiger charge is -2.08. The van der Waals surface area contributed by atoms with Gasteiger partial charge in [-0.3, -0.25) is 9.59 Å². The van der Waals surface area contributed by atoms with Crippen LogP contribution in [0.3, 0.4) is 0 Å². The van der Waals surface area contributed by atoms with Gasteiger partial charge in [0.25, 0.3) is 0 Å². The molecule has 16 heavy (non-hydrogen) atoms. The molecular weight excluding hydrogens is 268 g/mol. The molecule has 1 radical (unpaired) electrons. The van der Waals surface area contributed by atoms with Crippen LogP contribution < -0.4 is 0 Å². The second kappa shape index (κ2) is 4.58. The number of hydrogen-bond donors (Lipinski definition) is 0. The molecular formula is C13H8BrO2. The van der Waals surface area contributed by atoms with Crippen LogP contribution >= 0.6 is 15.9 Å². The average Bonchev–Trinajstić information content (AvgIpc) is 2.29. The Hall–Kier alpha value is -1.48. The Labute approximate surface area is 101 Å². The molecule has 0 bridgehead atoms. The van der Waals surface area contributed by atoms with E-state index in [4.69, 9.17) is 0 Å². The first kappa shape index (κ1) is 11.0. The topological polar surface area (TPSA) is 34.1 Å². The number of fused-ring (bicyclic) bond motifs is 1. The maximum atomic E-state index is 11.0. The van der Waals surface area contributed by atoms with Crippen LogP contribution in [0.4, 0.5) is 0 Å². The van der Waals surface area contributed by atoms with Gasteiger partial charge in [0.2, 0.25) is 6.29 Å². The molecule has 0 fully saturated rings. The van der Waals surface area contributed by atoms with Gasteiger partial charge in [-0.05, 0) is 22.4 Å². The minimum atomic E-state index is 0.133. The van der Waals surface area contributed by atoms with Crippen LogP contribution in [0.25, 0.3) is 10.8 Å². The number of benzene rings is 2. The summed E-state index contributed by atoms with van der Waals surface area (Å²) in [6.45, 7) is 0. The number of carbonyl (C=O) groups is 1. The lowest BCUT2D eigenvalue weighted by molar-refractivity contribution is 0.112.